The Balaban J connectivity index is 2.12. The Morgan fingerprint density at radius 3 is 2.61 bits per heavy atom. The molecular formula is C15H24N2O. The van der Waals surface area contributed by atoms with Gasteiger partial charge in [0, 0.05) is 24.8 Å². The molecule has 2 rings (SSSR count). The predicted molar refractivity (Wildman–Crippen MR) is 76.1 cm³/mol. The average molecular weight is 248 g/mol. The maximum Gasteiger partial charge on any atom is 0.0601 e. The number of nitrogens with one attached hydrogen (secondary N) is 1. The summed E-state index contributed by atoms with van der Waals surface area (Å²) >= 11 is 0. The molecule has 2 atom stereocenters. The number of hydrogen-bond acceptors (Lipinski definition) is 3. The summed E-state index contributed by atoms with van der Waals surface area (Å²) in [4.78, 5) is 2.38. The molecule has 0 aromatic heterocycles. The molecule has 0 aliphatic carbocycles. The maximum absolute atomic E-state index is 9.36. The minimum Gasteiger partial charge on any atom is -0.395 e. The van der Waals surface area contributed by atoms with E-state index in [4.69, 9.17) is 0 Å². The van der Waals surface area contributed by atoms with Crippen molar-refractivity contribution in [1.29, 1.82) is 0 Å². The first-order valence-corrected chi connectivity index (χ1v) is 6.91. The Morgan fingerprint density at radius 2 is 2.00 bits per heavy atom. The molecule has 1 heterocycles. The molecule has 1 saturated heterocycles. The molecule has 2 unspecified atom stereocenters. The summed E-state index contributed by atoms with van der Waals surface area (Å²) in [7, 11) is 0. The Hall–Kier alpha value is -1.06. The lowest BCUT2D eigenvalue weighted by molar-refractivity contribution is 0.247. The van der Waals surface area contributed by atoms with Crippen LogP contribution in [-0.2, 0) is 6.42 Å². The van der Waals surface area contributed by atoms with E-state index in [1.807, 2.05) is 0 Å². The Morgan fingerprint density at radius 1 is 1.28 bits per heavy atom. The van der Waals surface area contributed by atoms with Crippen molar-refractivity contribution in [1.82, 2.24) is 5.32 Å². The van der Waals surface area contributed by atoms with E-state index in [2.05, 4.69) is 48.3 Å². The molecule has 1 aromatic rings. The van der Waals surface area contributed by atoms with Crippen molar-refractivity contribution in [3.05, 3.63) is 29.8 Å². The number of aryl methyl sites for hydroxylation is 1. The highest BCUT2D eigenvalue weighted by molar-refractivity contribution is 5.48. The molecule has 100 valence electrons. The molecule has 1 fully saturated rings. The standard InChI is InChI=1S/C15H24N2O/c1-3-13-4-6-15(7-5-13)17-9-12(2)8-16-14(10-17)11-18/h4-7,12,14,16,18H,3,8-11H2,1-2H3. The first-order valence-electron chi connectivity index (χ1n) is 6.91. The fourth-order valence-corrected chi connectivity index (χ4v) is 2.49. The number of anilines is 1. The normalized spacial score (nSPS) is 24.9. The smallest absolute Gasteiger partial charge is 0.0601 e. The van der Waals surface area contributed by atoms with Crippen molar-refractivity contribution in [3.63, 3.8) is 0 Å². The summed E-state index contributed by atoms with van der Waals surface area (Å²) in [5.41, 5.74) is 2.64. The summed E-state index contributed by atoms with van der Waals surface area (Å²) in [6.07, 6.45) is 1.08. The van der Waals surface area contributed by atoms with Gasteiger partial charge in [-0.15, -0.1) is 0 Å². The van der Waals surface area contributed by atoms with E-state index in [9.17, 15) is 5.11 Å². The van der Waals surface area contributed by atoms with E-state index in [0.29, 0.717) is 5.92 Å². The van der Waals surface area contributed by atoms with Crippen molar-refractivity contribution in [2.24, 2.45) is 5.92 Å². The maximum atomic E-state index is 9.36. The average Bonchev–Trinajstić information content (AvgIpc) is 2.60. The van der Waals surface area contributed by atoms with Gasteiger partial charge < -0.3 is 15.3 Å². The van der Waals surface area contributed by atoms with Crippen LogP contribution < -0.4 is 10.2 Å². The van der Waals surface area contributed by atoms with Crippen molar-refractivity contribution < 1.29 is 5.11 Å². The molecule has 2 N–H and O–H groups in total. The number of aliphatic hydroxyl groups is 1. The zero-order valence-corrected chi connectivity index (χ0v) is 11.4. The second kappa shape index (κ2) is 6.21. The van der Waals surface area contributed by atoms with E-state index in [-0.39, 0.29) is 12.6 Å². The van der Waals surface area contributed by atoms with Crippen LogP contribution in [0.15, 0.2) is 24.3 Å². The number of benzene rings is 1. The Kier molecular flexibility index (Phi) is 4.61. The second-order valence-corrected chi connectivity index (χ2v) is 5.32. The first-order chi connectivity index (χ1) is 8.72. The lowest BCUT2D eigenvalue weighted by Gasteiger charge is -2.26. The van der Waals surface area contributed by atoms with Gasteiger partial charge >= 0.3 is 0 Å². The van der Waals surface area contributed by atoms with Crippen LogP contribution in [0.4, 0.5) is 5.69 Å². The van der Waals surface area contributed by atoms with E-state index in [1.165, 1.54) is 11.3 Å². The van der Waals surface area contributed by atoms with Gasteiger partial charge in [-0.25, -0.2) is 0 Å². The van der Waals surface area contributed by atoms with Crippen LogP contribution >= 0.6 is 0 Å². The van der Waals surface area contributed by atoms with Crippen LogP contribution in [0, 0.1) is 5.92 Å². The highest BCUT2D eigenvalue weighted by Gasteiger charge is 2.20. The quantitative estimate of drug-likeness (QED) is 0.854. The molecule has 0 radical (unpaired) electrons. The lowest BCUT2D eigenvalue weighted by Crippen LogP contribution is -2.40. The molecule has 18 heavy (non-hydrogen) atoms. The van der Waals surface area contributed by atoms with Crippen molar-refractivity contribution >= 4 is 5.69 Å². The van der Waals surface area contributed by atoms with Crippen LogP contribution in [0.25, 0.3) is 0 Å². The van der Waals surface area contributed by atoms with Gasteiger partial charge in [0.25, 0.3) is 0 Å². The highest BCUT2D eigenvalue weighted by atomic mass is 16.3. The zero-order chi connectivity index (χ0) is 13.0. The number of nitrogens with zero attached hydrogens (tertiary/aromatic N) is 1. The van der Waals surface area contributed by atoms with Gasteiger partial charge in [0.05, 0.1) is 6.61 Å². The van der Waals surface area contributed by atoms with E-state index >= 15 is 0 Å². The Bertz CT molecular complexity index is 363. The molecule has 3 nitrogen and oxygen atoms in total. The van der Waals surface area contributed by atoms with Crippen LogP contribution in [0.3, 0.4) is 0 Å². The molecule has 1 aliphatic rings. The van der Waals surface area contributed by atoms with E-state index in [1.54, 1.807) is 0 Å². The Labute approximate surface area is 110 Å². The van der Waals surface area contributed by atoms with Crippen molar-refractivity contribution in [2.45, 2.75) is 26.3 Å². The molecule has 0 bridgehead atoms. The number of hydrogen-bond donors (Lipinski definition) is 2. The summed E-state index contributed by atoms with van der Waals surface area (Å²) in [5, 5.41) is 12.8. The predicted octanol–water partition coefficient (Wildman–Crippen LogP) is 1.66. The summed E-state index contributed by atoms with van der Waals surface area (Å²) < 4.78 is 0. The largest absolute Gasteiger partial charge is 0.395 e. The van der Waals surface area contributed by atoms with Crippen LogP contribution in [-0.4, -0.2) is 37.4 Å². The molecule has 3 heteroatoms. The molecule has 1 aromatic carbocycles. The van der Waals surface area contributed by atoms with Gasteiger partial charge in [0.15, 0.2) is 0 Å². The summed E-state index contributed by atoms with van der Waals surface area (Å²) in [6, 6.07) is 8.98. The third-order valence-electron chi connectivity index (χ3n) is 3.66. The fraction of sp³-hybridized carbons (Fsp3) is 0.600. The monoisotopic (exact) mass is 248 g/mol. The summed E-state index contributed by atoms with van der Waals surface area (Å²) in [5.74, 6) is 0.604. The SMILES string of the molecule is CCc1ccc(N2CC(C)CNC(CO)C2)cc1. The zero-order valence-electron chi connectivity index (χ0n) is 11.4. The van der Waals surface area contributed by atoms with Crippen molar-refractivity contribution in [3.8, 4) is 0 Å². The number of aliphatic hydroxyl groups excluding tert-OH is 1. The summed E-state index contributed by atoms with van der Waals surface area (Å²) in [6.45, 7) is 7.54. The van der Waals surface area contributed by atoms with Gasteiger partial charge in [0.2, 0.25) is 0 Å². The van der Waals surface area contributed by atoms with Crippen LogP contribution in [0.1, 0.15) is 19.4 Å². The molecular weight excluding hydrogens is 224 g/mol. The third-order valence-corrected chi connectivity index (χ3v) is 3.66. The molecule has 0 spiro atoms. The van der Waals surface area contributed by atoms with Gasteiger partial charge in [-0.2, -0.15) is 0 Å². The second-order valence-electron chi connectivity index (χ2n) is 5.32. The van der Waals surface area contributed by atoms with Gasteiger partial charge in [-0.05, 0) is 36.6 Å². The topological polar surface area (TPSA) is 35.5 Å². The number of rotatable bonds is 3. The molecule has 0 saturated carbocycles. The minimum atomic E-state index is 0.181. The van der Waals surface area contributed by atoms with Gasteiger partial charge in [-0.1, -0.05) is 26.0 Å². The fourth-order valence-electron chi connectivity index (χ4n) is 2.49. The van der Waals surface area contributed by atoms with E-state index < -0.39 is 0 Å². The van der Waals surface area contributed by atoms with E-state index in [0.717, 1.165) is 26.1 Å². The lowest BCUT2D eigenvalue weighted by atomic mass is 10.1. The first kappa shape index (κ1) is 13.4. The molecule has 1 aliphatic heterocycles. The van der Waals surface area contributed by atoms with Crippen LogP contribution in [0.5, 0.6) is 0 Å². The van der Waals surface area contributed by atoms with Crippen molar-refractivity contribution in [2.75, 3.05) is 31.1 Å². The third kappa shape index (κ3) is 3.24. The van der Waals surface area contributed by atoms with Gasteiger partial charge in [-0.3, -0.25) is 0 Å². The highest BCUT2D eigenvalue weighted by Crippen LogP contribution is 2.19. The van der Waals surface area contributed by atoms with Gasteiger partial charge in [0.1, 0.15) is 0 Å². The minimum absolute atomic E-state index is 0.181. The molecule has 0 amide bonds. The van der Waals surface area contributed by atoms with Crippen LogP contribution in [0.2, 0.25) is 0 Å².